The first-order chi connectivity index (χ1) is 9.24. The molecule has 0 aliphatic rings. The van der Waals surface area contributed by atoms with Crippen molar-refractivity contribution >= 4 is 27.3 Å². The Morgan fingerprint density at radius 2 is 2.05 bits per heavy atom. The van der Waals surface area contributed by atoms with Crippen molar-refractivity contribution in [3.05, 3.63) is 56.7 Å². The summed E-state index contributed by atoms with van der Waals surface area (Å²) in [5.41, 5.74) is 4.35. The number of thiophene rings is 1. The van der Waals surface area contributed by atoms with Crippen LogP contribution in [0.15, 0.2) is 46.3 Å². The molecule has 19 heavy (non-hydrogen) atoms. The number of rotatable bonds is 6. The average Bonchev–Trinajstić information content (AvgIpc) is 2.85. The van der Waals surface area contributed by atoms with E-state index in [9.17, 15) is 0 Å². The topological polar surface area (TPSA) is 38.0 Å². The van der Waals surface area contributed by atoms with Crippen LogP contribution >= 0.6 is 27.3 Å². The summed E-state index contributed by atoms with van der Waals surface area (Å²) in [6.07, 6.45) is 2.03. The molecule has 0 saturated heterocycles. The minimum Gasteiger partial charge on any atom is -0.271 e. The number of hydrogen-bond acceptors (Lipinski definition) is 3. The fourth-order valence-corrected chi connectivity index (χ4v) is 3.96. The zero-order valence-electron chi connectivity index (χ0n) is 11.0. The quantitative estimate of drug-likeness (QED) is 0.615. The van der Waals surface area contributed by atoms with Gasteiger partial charge in [0.15, 0.2) is 0 Å². The Hall–Kier alpha value is -0.680. The van der Waals surface area contributed by atoms with Crippen LogP contribution in [0.4, 0.5) is 0 Å². The Kier molecular flexibility index (Phi) is 5.58. The zero-order chi connectivity index (χ0) is 13.7. The maximum absolute atomic E-state index is 5.78. The molecule has 0 bridgehead atoms. The summed E-state index contributed by atoms with van der Waals surface area (Å²) < 4.78 is 1.15. The number of hydrogen-bond donors (Lipinski definition) is 2. The molecule has 2 nitrogen and oxygen atoms in total. The van der Waals surface area contributed by atoms with Crippen LogP contribution in [0, 0.1) is 0 Å². The van der Waals surface area contributed by atoms with Crippen LogP contribution in [-0.2, 0) is 6.42 Å². The van der Waals surface area contributed by atoms with E-state index in [1.807, 2.05) is 0 Å². The van der Waals surface area contributed by atoms with Gasteiger partial charge in [0.05, 0.1) is 0 Å². The standard InChI is InChI=1S/C15H19BrN2S/c1-2-14(11-6-4-3-5-7-11)15(18-17)9-13-8-12(16)10-19-13/h3-8,10,14-15,18H,2,9,17H2,1H3. The fraction of sp³-hybridized carbons (Fsp3) is 0.333. The largest absolute Gasteiger partial charge is 0.271 e. The summed E-state index contributed by atoms with van der Waals surface area (Å²) in [4.78, 5) is 1.35. The van der Waals surface area contributed by atoms with Crippen molar-refractivity contribution in [3.8, 4) is 0 Å². The van der Waals surface area contributed by atoms with E-state index in [0.29, 0.717) is 5.92 Å². The highest BCUT2D eigenvalue weighted by Gasteiger charge is 2.21. The summed E-state index contributed by atoms with van der Waals surface area (Å²) in [7, 11) is 0. The minimum atomic E-state index is 0.262. The molecule has 2 unspecified atom stereocenters. The van der Waals surface area contributed by atoms with Crippen molar-refractivity contribution in [2.24, 2.45) is 5.84 Å². The summed E-state index contributed by atoms with van der Waals surface area (Å²) in [6.45, 7) is 2.21. The van der Waals surface area contributed by atoms with E-state index < -0.39 is 0 Å². The van der Waals surface area contributed by atoms with Crippen LogP contribution in [-0.4, -0.2) is 6.04 Å². The minimum absolute atomic E-state index is 0.262. The van der Waals surface area contributed by atoms with Gasteiger partial charge in [-0.25, -0.2) is 0 Å². The second-order valence-corrected chi connectivity index (χ2v) is 6.55. The molecule has 0 amide bonds. The van der Waals surface area contributed by atoms with Crippen LogP contribution in [0.2, 0.25) is 0 Å². The molecule has 0 fully saturated rings. The van der Waals surface area contributed by atoms with Gasteiger partial charge in [0.1, 0.15) is 0 Å². The van der Waals surface area contributed by atoms with E-state index in [2.05, 4.69) is 70.1 Å². The maximum Gasteiger partial charge on any atom is 0.0327 e. The van der Waals surface area contributed by atoms with E-state index in [1.165, 1.54) is 10.4 Å². The van der Waals surface area contributed by atoms with Gasteiger partial charge in [-0.05, 0) is 40.4 Å². The first-order valence-electron chi connectivity index (χ1n) is 6.48. The van der Waals surface area contributed by atoms with Crippen LogP contribution in [0.25, 0.3) is 0 Å². The highest BCUT2D eigenvalue weighted by atomic mass is 79.9. The molecule has 2 atom stereocenters. The summed E-state index contributed by atoms with van der Waals surface area (Å²) in [6, 6.07) is 13.0. The van der Waals surface area contributed by atoms with Gasteiger partial charge in [0.25, 0.3) is 0 Å². The summed E-state index contributed by atoms with van der Waals surface area (Å²) in [5, 5.41) is 2.12. The number of hydrazine groups is 1. The van der Waals surface area contributed by atoms with Crippen LogP contribution in [0.5, 0.6) is 0 Å². The van der Waals surface area contributed by atoms with Crippen molar-refractivity contribution in [1.29, 1.82) is 0 Å². The molecule has 0 saturated carbocycles. The molecule has 1 aromatic carbocycles. The molecule has 0 radical (unpaired) electrons. The van der Waals surface area contributed by atoms with Crippen molar-refractivity contribution in [2.75, 3.05) is 0 Å². The van der Waals surface area contributed by atoms with Crippen LogP contribution < -0.4 is 11.3 Å². The number of nitrogens with two attached hydrogens (primary N) is 1. The fourth-order valence-electron chi connectivity index (χ4n) is 2.45. The third-order valence-electron chi connectivity index (χ3n) is 3.41. The van der Waals surface area contributed by atoms with Crippen LogP contribution in [0.3, 0.4) is 0 Å². The predicted molar refractivity (Wildman–Crippen MR) is 86.3 cm³/mol. The Morgan fingerprint density at radius 3 is 2.58 bits per heavy atom. The van der Waals surface area contributed by atoms with Crippen LogP contribution in [0.1, 0.15) is 29.7 Å². The maximum atomic E-state index is 5.78. The molecular formula is C15H19BrN2S. The second kappa shape index (κ2) is 7.20. The lowest BCUT2D eigenvalue weighted by molar-refractivity contribution is 0.429. The lowest BCUT2D eigenvalue weighted by atomic mass is 9.87. The highest BCUT2D eigenvalue weighted by Crippen LogP contribution is 2.28. The molecule has 1 heterocycles. The first kappa shape index (κ1) is 14.7. The van der Waals surface area contributed by atoms with Gasteiger partial charge in [0.2, 0.25) is 0 Å². The van der Waals surface area contributed by atoms with E-state index in [1.54, 1.807) is 11.3 Å². The van der Waals surface area contributed by atoms with Crippen molar-refractivity contribution in [3.63, 3.8) is 0 Å². The van der Waals surface area contributed by atoms with Gasteiger partial charge in [-0.2, -0.15) is 0 Å². The van der Waals surface area contributed by atoms with Gasteiger partial charge < -0.3 is 0 Å². The molecular weight excluding hydrogens is 320 g/mol. The van der Waals surface area contributed by atoms with E-state index in [4.69, 9.17) is 5.84 Å². The highest BCUT2D eigenvalue weighted by molar-refractivity contribution is 9.10. The third-order valence-corrected chi connectivity index (χ3v) is 5.13. The van der Waals surface area contributed by atoms with Crippen molar-refractivity contribution in [1.82, 2.24) is 5.43 Å². The van der Waals surface area contributed by atoms with E-state index >= 15 is 0 Å². The SMILES string of the molecule is CCC(c1ccccc1)C(Cc1cc(Br)cs1)NN. The number of nitrogens with one attached hydrogen (secondary N) is 1. The molecule has 0 aliphatic heterocycles. The predicted octanol–water partition coefficient (Wildman–Crippen LogP) is 4.08. The molecule has 102 valence electrons. The first-order valence-corrected chi connectivity index (χ1v) is 8.15. The summed E-state index contributed by atoms with van der Waals surface area (Å²) in [5.74, 6) is 6.22. The van der Waals surface area contributed by atoms with Gasteiger partial charge in [-0.15, -0.1) is 11.3 Å². The lowest BCUT2D eigenvalue weighted by Crippen LogP contribution is -2.41. The molecule has 2 rings (SSSR count). The smallest absolute Gasteiger partial charge is 0.0327 e. The number of halogens is 1. The van der Waals surface area contributed by atoms with Gasteiger partial charge >= 0.3 is 0 Å². The van der Waals surface area contributed by atoms with Gasteiger partial charge in [-0.3, -0.25) is 11.3 Å². The van der Waals surface area contributed by atoms with Crippen molar-refractivity contribution < 1.29 is 0 Å². The molecule has 4 heteroatoms. The van der Waals surface area contributed by atoms with E-state index in [0.717, 1.165) is 17.3 Å². The molecule has 2 aromatic rings. The van der Waals surface area contributed by atoms with Gasteiger partial charge in [0, 0.05) is 26.7 Å². The molecule has 1 aromatic heterocycles. The molecule has 3 N–H and O–H groups in total. The Morgan fingerprint density at radius 1 is 1.32 bits per heavy atom. The second-order valence-electron chi connectivity index (χ2n) is 4.63. The van der Waals surface area contributed by atoms with Gasteiger partial charge in [-0.1, -0.05) is 37.3 Å². The number of benzene rings is 1. The zero-order valence-corrected chi connectivity index (χ0v) is 13.4. The molecule has 0 aliphatic carbocycles. The Labute approximate surface area is 127 Å². The monoisotopic (exact) mass is 338 g/mol. The van der Waals surface area contributed by atoms with Crippen molar-refractivity contribution in [2.45, 2.75) is 31.7 Å². The average molecular weight is 339 g/mol. The third kappa shape index (κ3) is 3.89. The Balaban J connectivity index is 2.15. The normalized spacial score (nSPS) is 14.3. The lowest BCUT2D eigenvalue weighted by Gasteiger charge is -2.25. The Bertz CT molecular complexity index is 498. The molecule has 0 spiro atoms. The van der Waals surface area contributed by atoms with E-state index in [-0.39, 0.29) is 6.04 Å². The summed E-state index contributed by atoms with van der Waals surface area (Å²) >= 11 is 5.28.